The van der Waals surface area contributed by atoms with Crippen molar-refractivity contribution < 1.29 is 9.47 Å². The molecule has 0 bridgehead atoms. The molecular weight excluding hydrogens is 392 g/mol. The molecule has 2 aliphatic rings. The molecule has 0 aliphatic carbocycles. The number of hydrogen-bond donors (Lipinski definition) is 0. The molecule has 2 aliphatic heterocycles. The minimum absolute atomic E-state index is 0.389. The van der Waals surface area contributed by atoms with Crippen LogP contribution in [0.5, 0.6) is 0 Å². The third-order valence-electron chi connectivity index (χ3n) is 6.32. The Morgan fingerprint density at radius 2 is 1.47 bits per heavy atom. The van der Waals surface area contributed by atoms with E-state index in [0.717, 1.165) is 25.7 Å². The highest BCUT2D eigenvalue weighted by Crippen LogP contribution is 2.38. The number of ether oxygens (including phenoxy) is 2. The maximum Gasteiger partial charge on any atom is 0.0858 e. The highest BCUT2D eigenvalue weighted by Gasteiger charge is 2.39. The molecule has 2 fully saturated rings. The van der Waals surface area contributed by atoms with Gasteiger partial charge in [-0.2, -0.15) is 0 Å². The van der Waals surface area contributed by atoms with Crippen molar-refractivity contribution in [2.75, 3.05) is 19.8 Å². The Hall–Kier alpha value is -1.38. The van der Waals surface area contributed by atoms with Crippen molar-refractivity contribution in [2.24, 2.45) is 22.7 Å². The molecule has 2 heterocycles. The van der Waals surface area contributed by atoms with E-state index in [-0.39, 0.29) is 0 Å². The van der Waals surface area contributed by atoms with Crippen molar-refractivity contribution in [3.8, 4) is 0 Å². The van der Waals surface area contributed by atoms with Crippen LogP contribution in [0, 0.1) is 22.7 Å². The molecule has 32 heavy (non-hydrogen) atoms. The number of epoxide rings is 1. The number of benzene rings is 1. The van der Waals surface area contributed by atoms with Crippen LogP contribution in [0.1, 0.15) is 92.7 Å². The molecule has 2 saturated heterocycles. The van der Waals surface area contributed by atoms with Gasteiger partial charge in [-0.15, -0.1) is 6.58 Å². The van der Waals surface area contributed by atoms with Crippen LogP contribution in [-0.2, 0) is 9.47 Å². The SMILES string of the molecule is C=CC(C)C.C=Cc1ccc(C(C)C)cc1.CC(C)(C)C1CO1.CCC1(C(C)C)COC1. The van der Waals surface area contributed by atoms with Gasteiger partial charge in [0.05, 0.1) is 25.9 Å². The first-order valence-corrected chi connectivity index (χ1v) is 12.4. The average molecular weight is 445 g/mol. The van der Waals surface area contributed by atoms with E-state index in [1.54, 1.807) is 0 Å². The van der Waals surface area contributed by atoms with Crippen molar-refractivity contribution >= 4 is 6.08 Å². The van der Waals surface area contributed by atoms with E-state index in [1.807, 2.05) is 12.2 Å². The van der Waals surface area contributed by atoms with Crippen LogP contribution in [0.2, 0.25) is 0 Å². The summed E-state index contributed by atoms with van der Waals surface area (Å²) in [5.74, 6) is 2.06. The maximum atomic E-state index is 5.19. The van der Waals surface area contributed by atoms with Crippen LogP contribution >= 0.6 is 0 Å². The minimum Gasteiger partial charge on any atom is -0.380 e. The normalized spacial score (nSPS) is 18.2. The molecule has 2 nitrogen and oxygen atoms in total. The molecule has 0 N–H and O–H groups in total. The number of allylic oxidation sites excluding steroid dienone is 1. The standard InChI is InChI=1S/C11H14.C8H16O.C6H12O.C5H10/c1-4-10-5-7-11(8-6-10)9(2)3;1-4-8(7(2)3)5-9-6-8;1-6(2,3)5-4-7-5;1-4-5(2)3/h4-9H,1H2,2-3H3;7H,4-6H2,1-3H3;5H,4H2,1-3H3;4-5H,1H2,2-3H3. The largest absolute Gasteiger partial charge is 0.380 e. The molecular formula is C30H52O2. The zero-order chi connectivity index (χ0) is 24.9. The van der Waals surface area contributed by atoms with Gasteiger partial charge in [-0.05, 0) is 40.7 Å². The predicted molar refractivity (Wildman–Crippen MR) is 143 cm³/mol. The molecule has 0 spiro atoms. The summed E-state index contributed by atoms with van der Waals surface area (Å²) in [5.41, 5.74) is 3.50. The summed E-state index contributed by atoms with van der Waals surface area (Å²) in [7, 11) is 0. The fourth-order valence-corrected chi connectivity index (χ4v) is 2.88. The fourth-order valence-electron chi connectivity index (χ4n) is 2.88. The molecule has 3 rings (SSSR count). The summed E-state index contributed by atoms with van der Waals surface area (Å²) in [4.78, 5) is 0. The Kier molecular flexibility index (Phi) is 14.1. The van der Waals surface area contributed by atoms with E-state index in [9.17, 15) is 0 Å². The zero-order valence-corrected chi connectivity index (χ0v) is 22.8. The van der Waals surface area contributed by atoms with E-state index in [0.29, 0.717) is 28.8 Å². The van der Waals surface area contributed by atoms with Gasteiger partial charge in [-0.1, -0.05) is 112 Å². The maximum absolute atomic E-state index is 5.19. The first kappa shape index (κ1) is 30.6. The minimum atomic E-state index is 0.389. The second kappa shape index (κ2) is 14.7. The molecule has 0 amide bonds. The van der Waals surface area contributed by atoms with Gasteiger partial charge in [0, 0.05) is 5.41 Å². The highest BCUT2D eigenvalue weighted by molar-refractivity contribution is 5.47. The van der Waals surface area contributed by atoms with Gasteiger partial charge in [0.2, 0.25) is 0 Å². The molecule has 1 aromatic rings. The van der Waals surface area contributed by atoms with Gasteiger partial charge in [-0.25, -0.2) is 0 Å². The van der Waals surface area contributed by atoms with E-state index >= 15 is 0 Å². The van der Waals surface area contributed by atoms with Crippen LogP contribution in [0.15, 0.2) is 43.5 Å². The van der Waals surface area contributed by atoms with Gasteiger partial charge in [0.25, 0.3) is 0 Å². The molecule has 2 heteroatoms. The second-order valence-electron chi connectivity index (χ2n) is 11.1. The molecule has 0 saturated carbocycles. The lowest BCUT2D eigenvalue weighted by atomic mass is 9.73. The average Bonchev–Trinajstić information content (AvgIpc) is 3.54. The van der Waals surface area contributed by atoms with Crippen molar-refractivity contribution in [1.82, 2.24) is 0 Å². The van der Waals surface area contributed by atoms with Crippen molar-refractivity contribution in [3.63, 3.8) is 0 Å². The molecule has 0 radical (unpaired) electrons. The molecule has 1 atom stereocenters. The Morgan fingerprint density at radius 1 is 1.00 bits per heavy atom. The summed E-state index contributed by atoms with van der Waals surface area (Å²) in [6, 6.07) is 8.51. The lowest BCUT2D eigenvalue weighted by Crippen LogP contribution is -2.46. The molecule has 184 valence electrons. The molecule has 0 aromatic heterocycles. The smallest absolute Gasteiger partial charge is 0.0858 e. The first-order valence-electron chi connectivity index (χ1n) is 12.4. The fraction of sp³-hybridized carbons (Fsp3) is 0.667. The first-order chi connectivity index (χ1) is 14.8. The van der Waals surface area contributed by atoms with Crippen LogP contribution < -0.4 is 0 Å². The highest BCUT2D eigenvalue weighted by atomic mass is 16.6. The Morgan fingerprint density at radius 3 is 1.59 bits per heavy atom. The topological polar surface area (TPSA) is 21.8 Å². The Balaban J connectivity index is 0.000000416. The summed E-state index contributed by atoms with van der Waals surface area (Å²) >= 11 is 0. The number of hydrogen-bond acceptors (Lipinski definition) is 2. The van der Waals surface area contributed by atoms with Crippen molar-refractivity contribution in [3.05, 3.63) is 54.6 Å². The monoisotopic (exact) mass is 444 g/mol. The summed E-state index contributed by atoms with van der Waals surface area (Å²) < 4.78 is 10.3. The number of rotatable bonds is 5. The van der Waals surface area contributed by atoms with E-state index in [4.69, 9.17) is 9.47 Å². The summed E-state index contributed by atoms with van der Waals surface area (Å²) in [5, 5.41) is 0. The van der Waals surface area contributed by atoms with Gasteiger partial charge >= 0.3 is 0 Å². The Labute approximate surface area is 200 Å². The lowest BCUT2D eigenvalue weighted by Gasteiger charge is -2.44. The van der Waals surface area contributed by atoms with Gasteiger partial charge < -0.3 is 9.47 Å². The van der Waals surface area contributed by atoms with Crippen LogP contribution in [0.25, 0.3) is 6.08 Å². The second-order valence-corrected chi connectivity index (χ2v) is 11.1. The summed E-state index contributed by atoms with van der Waals surface area (Å²) in [6.07, 6.45) is 5.60. The third kappa shape index (κ3) is 12.0. The van der Waals surface area contributed by atoms with Crippen LogP contribution in [-0.4, -0.2) is 25.9 Å². The predicted octanol–water partition coefficient (Wildman–Crippen LogP) is 8.78. The van der Waals surface area contributed by atoms with Gasteiger partial charge in [0.15, 0.2) is 0 Å². The van der Waals surface area contributed by atoms with Crippen molar-refractivity contribution in [1.29, 1.82) is 0 Å². The van der Waals surface area contributed by atoms with E-state index < -0.39 is 0 Å². The van der Waals surface area contributed by atoms with Crippen LogP contribution in [0.4, 0.5) is 0 Å². The Bertz CT molecular complexity index is 618. The van der Waals surface area contributed by atoms with Crippen LogP contribution in [0.3, 0.4) is 0 Å². The van der Waals surface area contributed by atoms with E-state index in [1.165, 1.54) is 17.5 Å². The van der Waals surface area contributed by atoms with Gasteiger partial charge in [0.1, 0.15) is 0 Å². The zero-order valence-electron chi connectivity index (χ0n) is 22.8. The van der Waals surface area contributed by atoms with E-state index in [2.05, 4.69) is 107 Å². The molecule has 1 aromatic carbocycles. The quantitative estimate of drug-likeness (QED) is 0.334. The third-order valence-corrected chi connectivity index (χ3v) is 6.32. The van der Waals surface area contributed by atoms with Gasteiger partial charge in [-0.3, -0.25) is 0 Å². The van der Waals surface area contributed by atoms with Crippen molar-refractivity contribution in [2.45, 2.75) is 87.7 Å². The summed E-state index contributed by atoms with van der Waals surface area (Å²) in [6.45, 7) is 32.2. The molecule has 1 unspecified atom stereocenters. The lowest BCUT2D eigenvalue weighted by molar-refractivity contribution is -0.140.